The molecule has 2 amide bonds. The first-order valence-electron chi connectivity index (χ1n) is 11.3. The molecule has 1 fully saturated rings. The lowest BCUT2D eigenvalue weighted by Gasteiger charge is -2.22. The number of imidazole rings is 1. The summed E-state index contributed by atoms with van der Waals surface area (Å²) in [5.74, 6) is 0.856. The lowest BCUT2D eigenvalue weighted by atomic mass is 10.0. The lowest BCUT2D eigenvalue weighted by Crippen LogP contribution is -2.36. The first-order valence-corrected chi connectivity index (χ1v) is 11.3. The van der Waals surface area contributed by atoms with Crippen LogP contribution in [0.15, 0.2) is 42.7 Å². The molecule has 1 saturated carbocycles. The van der Waals surface area contributed by atoms with Gasteiger partial charge in [-0.2, -0.15) is 18.2 Å². The zero-order chi connectivity index (χ0) is 25.3. The van der Waals surface area contributed by atoms with Crippen molar-refractivity contribution in [1.29, 1.82) is 0 Å². The molecule has 0 aliphatic heterocycles. The SMILES string of the molecule is CC(C)Oc1cc(NC(=O)NCC(F)(F)F)cc(-c2cnc3cc(C(C4CC4)N(C)O)ccn23)c1. The molecule has 11 heteroatoms. The van der Waals surface area contributed by atoms with Crippen LogP contribution in [0.2, 0.25) is 0 Å². The summed E-state index contributed by atoms with van der Waals surface area (Å²) in [5, 5.41) is 15.6. The molecule has 0 bridgehead atoms. The fourth-order valence-electron chi connectivity index (χ4n) is 4.11. The number of anilines is 1. The number of halogens is 3. The predicted octanol–water partition coefficient (Wildman–Crippen LogP) is 5.24. The average Bonchev–Trinajstić information content (AvgIpc) is 3.48. The van der Waals surface area contributed by atoms with Crippen molar-refractivity contribution in [2.75, 3.05) is 18.9 Å². The van der Waals surface area contributed by atoms with Gasteiger partial charge in [0, 0.05) is 30.6 Å². The van der Waals surface area contributed by atoms with Crippen LogP contribution in [0.25, 0.3) is 16.9 Å². The summed E-state index contributed by atoms with van der Waals surface area (Å²) >= 11 is 0. The average molecular weight is 492 g/mol. The van der Waals surface area contributed by atoms with Crippen molar-refractivity contribution < 1.29 is 27.9 Å². The molecule has 3 N–H and O–H groups in total. The van der Waals surface area contributed by atoms with Crippen molar-refractivity contribution in [3.63, 3.8) is 0 Å². The summed E-state index contributed by atoms with van der Waals surface area (Å²) in [5.41, 5.74) is 3.29. The number of aromatic nitrogens is 2. The topological polar surface area (TPSA) is 91.1 Å². The van der Waals surface area contributed by atoms with Gasteiger partial charge in [0.05, 0.1) is 24.0 Å². The molecule has 8 nitrogen and oxygen atoms in total. The number of benzene rings is 1. The van der Waals surface area contributed by atoms with E-state index in [0.717, 1.165) is 18.4 Å². The number of carbonyl (C=O) groups excluding carboxylic acids is 1. The van der Waals surface area contributed by atoms with E-state index < -0.39 is 18.8 Å². The molecule has 35 heavy (non-hydrogen) atoms. The Morgan fingerprint density at radius 1 is 1.29 bits per heavy atom. The number of pyridine rings is 1. The second-order valence-electron chi connectivity index (χ2n) is 9.02. The van der Waals surface area contributed by atoms with Gasteiger partial charge in [-0.1, -0.05) is 0 Å². The van der Waals surface area contributed by atoms with Crippen LogP contribution in [0.1, 0.15) is 38.3 Å². The maximum Gasteiger partial charge on any atom is 0.405 e. The number of carbonyl (C=O) groups is 1. The highest BCUT2D eigenvalue weighted by atomic mass is 19.4. The fourth-order valence-corrected chi connectivity index (χ4v) is 4.11. The minimum absolute atomic E-state index is 0.103. The second-order valence-corrected chi connectivity index (χ2v) is 9.02. The molecule has 2 aromatic heterocycles. The van der Waals surface area contributed by atoms with Crippen molar-refractivity contribution in [1.82, 2.24) is 19.8 Å². The highest BCUT2D eigenvalue weighted by Crippen LogP contribution is 2.43. The molecular formula is C24H28F3N5O3. The van der Waals surface area contributed by atoms with Crippen LogP contribution in [-0.4, -0.2) is 51.6 Å². The normalized spacial score (nSPS) is 15.0. The third-order valence-corrected chi connectivity index (χ3v) is 5.63. The Morgan fingerprint density at radius 3 is 2.66 bits per heavy atom. The Labute approximate surface area is 200 Å². The maximum atomic E-state index is 12.4. The van der Waals surface area contributed by atoms with Gasteiger partial charge in [0.25, 0.3) is 0 Å². The van der Waals surface area contributed by atoms with Gasteiger partial charge < -0.3 is 20.6 Å². The van der Waals surface area contributed by atoms with Crippen LogP contribution < -0.4 is 15.4 Å². The van der Waals surface area contributed by atoms with E-state index in [0.29, 0.717) is 28.6 Å². The molecule has 3 aromatic rings. The Kier molecular flexibility index (Phi) is 6.91. The minimum Gasteiger partial charge on any atom is -0.491 e. The van der Waals surface area contributed by atoms with E-state index in [1.54, 1.807) is 36.8 Å². The maximum absolute atomic E-state index is 12.4. The Balaban J connectivity index is 1.65. The molecule has 1 aliphatic rings. The minimum atomic E-state index is -4.51. The van der Waals surface area contributed by atoms with E-state index in [1.807, 2.05) is 36.6 Å². The molecule has 1 atom stereocenters. The predicted molar refractivity (Wildman–Crippen MR) is 124 cm³/mol. The highest BCUT2D eigenvalue weighted by Gasteiger charge is 2.35. The number of nitrogens with zero attached hydrogens (tertiary/aromatic N) is 3. The molecule has 1 aliphatic carbocycles. The lowest BCUT2D eigenvalue weighted by molar-refractivity contribution is -0.122. The third kappa shape index (κ3) is 6.23. The van der Waals surface area contributed by atoms with Crippen LogP contribution in [0.4, 0.5) is 23.7 Å². The summed E-state index contributed by atoms with van der Waals surface area (Å²) < 4.78 is 45.0. The molecular weight excluding hydrogens is 463 g/mol. The number of nitrogens with one attached hydrogen (secondary N) is 2. The van der Waals surface area contributed by atoms with E-state index in [-0.39, 0.29) is 17.8 Å². The van der Waals surface area contributed by atoms with Crippen molar-refractivity contribution >= 4 is 17.4 Å². The number of fused-ring (bicyclic) bond motifs is 1. The highest BCUT2D eigenvalue weighted by molar-refractivity contribution is 5.90. The van der Waals surface area contributed by atoms with Gasteiger partial charge in [-0.15, -0.1) is 0 Å². The number of rotatable bonds is 8. The van der Waals surface area contributed by atoms with Crippen LogP contribution in [0, 0.1) is 5.92 Å². The van der Waals surface area contributed by atoms with E-state index in [2.05, 4.69) is 10.3 Å². The molecule has 0 saturated heterocycles. The largest absolute Gasteiger partial charge is 0.491 e. The first-order chi connectivity index (χ1) is 16.5. The molecule has 1 aromatic carbocycles. The van der Waals surface area contributed by atoms with Gasteiger partial charge in [0.1, 0.15) is 17.9 Å². The molecule has 0 spiro atoms. The van der Waals surface area contributed by atoms with Crippen molar-refractivity contribution in [3.05, 3.63) is 48.3 Å². The molecule has 0 radical (unpaired) electrons. The van der Waals surface area contributed by atoms with Crippen molar-refractivity contribution in [2.24, 2.45) is 5.92 Å². The monoisotopic (exact) mass is 491 g/mol. The standard InChI is InChI=1S/C24H28F3N5O3/c1-14(2)35-19-9-17(8-18(11-19)30-23(33)29-13-24(25,26)27)20-12-28-21-10-16(6-7-32(20)21)22(31(3)34)15-4-5-15/h6-12,14-15,22,34H,4-5,13H2,1-3H3,(H2,29,30,33). The van der Waals surface area contributed by atoms with Crippen LogP contribution in [-0.2, 0) is 0 Å². The Hall–Kier alpha value is -3.31. The van der Waals surface area contributed by atoms with Gasteiger partial charge in [0.2, 0.25) is 0 Å². The summed E-state index contributed by atoms with van der Waals surface area (Å²) in [6, 6.07) is 7.77. The summed E-state index contributed by atoms with van der Waals surface area (Å²) in [7, 11) is 1.64. The van der Waals surface area contributed by atoms with Gasteiger partial charge >= 0.3 is 12.2 Å². The van der Waals surface area contributed by atoms with Gasteiger partial charge in [-0.05, 0) is 62.4 Å². The van der Waals surface area contributed by atoms with Crippen LogP contribution in [0.5, 0.6) is 5.75 Å². The van der Waals surface area contributed by atoms with E-state index in [1.165, 1.54) is 5.06 Å². The molecule has 2 heterocycles. The van der Waals surface area contributed by atoms with Crippen LogP contribution in [0.3, 0.4) is 0 Å². The number of hydrogen-bond donors (Lipinski definition) is 3. The third-order valence-electron chi connectivity index (χ3n) is 5.63. The first kappa shape index (κ1) is 24.8. The number of alkyl halides is 3. The summed E-state index contributed by atoms with van der Waals surface area (Å²) in [6.07, 6.45) is 1.01. The Morgan fingerprint density at radius 2 is 2.03 bits per heavy atom. The number of urea groups is 1. The number of hydroxylamine groups is 2. The van der Waals surface area contributed by atoms with Crippen LogP contribution >= 0.6 is 0 Å². The number of ether oxygens (including phenoxy) is 1. The zero-order valence-electron chi connectivity index (χ0n) is 19.6. The zero-order valence-corrected chi connectivity index (χ0v) is 19.6. The van der Waals surface area contributed by atoms with E-state index in [4.69, 9.17) is 4.74 Å². The number of hydrogen-bond acceptors (Lipinski definition) is 5. The van der Waals surface area contributed by atoms with Gasteiger partial charge in [-0.3, -0.25) is 4.40 Å². The second kappa shape index (κ2) is 9.74. The fraction of sp³-hybridized carbons (Fsp3) is 0.417. The molecule has 1 unspecified atom stereocenters. The van der Waals surface area contributed by atoms with Crippen molar-refractivity contribution in [3.8, 4) is 17.0 Å². The summed E-state index contributed by atoms with van der Waals surface area (Å²) in [4.78, 5) is 16.5. The van der Waals surface area contributed by atoms with Crippen molar-refractivity contribution in [2.45, 2.75) is 45.0 Å². The van der Waals surface area contributed by atoms with E-state index >= 15 is 0 Å². The summed E-state index contributed by atoms with van der Waals surface area (Å²) in [6.45, 7) is 2.26. The van der Waals surface area contributed by atoms with Gasteiger partial charge in [0.15, 0.2) is 0 Å². The molecule has 4 rings (SSSR count). The smallest absolute Gasteiger partial charge is 0.405 e. The molecule has 188 valence electrons. The van der Waals surface area contributed by atoms with E-state index in [9.17, 15) is 23.2 Å². The number of amides is 2. The van der Waals surface area contributed by atoms with Gasteiger partial charge in [-0.25, -0.2) is 9.78 Å². The Bertz CT molecular complexity index is 1200. The quantitative estimate of drug-likeness (QED) is 0.375.